The minimum Gasteiger partial charge on any atom is -0.496 e. The maximum atomic E-state index is 12.9. The number of nitrogens with one attached hydrogen (secondary N) is 1. The molecule has 0 aromatic heterocycles. The van der Waals surface area contributed by atoms with Crippen LogP contribution in [0.1, 0.15) is 18.1 Å². The SMILES string of the molecule is CCOc1ccc(N2C(=O)/C(=C\c3ccc(OC)c(COCC(F)(F)F)c3)NC2=S)cc1. The van der Waals surface area contributed by atoms with E-state index in [0.29, 0.717) is 34.9 Å². The Morgan fingerprint density at radius 2 is 1.88 bits per heavy atom. The maximum absolute atomic E-state index is 12.9. The molecule has 0 aliphatic carbocycles. The molecule has 1 heterocycles. The van der Waals surface area contributed by atoms with Gasteiger partial charge in [0.25, 0.3) is 5.91 Å². The van der Waals surface area contributed by atoms with Crippen LogP contribution < -0.4 is 19.7 Å². The summed E-state index contributed by atoms with van der Waals surface area (Å²) >= 11 is 5.31. The number of halogens is 3. The first-order chi connectivity index (χ1) is 15.2. The predicted molar refractivity (Wildman–Crippen MR) is 118 cm³/mol. The monoisotopic (exact) mass is 466 g/mol. The Labute approximate surface area is 188 Å². The van der Waals surface area contributed by atoms with Crippen LogP contribution in [0.15, 0.2) is 48.2 Å². The summed E-state index contributed by atoms with van der Waals surface area (Å²) in [4.78, 5) is 14.3. The average molecular weight is 466 g/mol. The second-order valence-electron chi connectivity index (χ2n) is 6.73. The van der Waals surface area contributed by atoms with Gasteiger partial charge in [-0.25, -0.2) is 0 Å². The molecule has 1 amide bonds. The molecule has 0 unspecified atom stereocenters. The van der Waals surface area contributed by atoms with E-state index in [1.54, 1.807) is 48.5 Å². The number of methoxy groups -OCH3 is 1. The molecule has 0 atom stereocenters. The summed E-state index contributed by atoms with van der Waals surface area (Å²) in [7, 11) is 1.41. The smallest absolute Gasteiger partial charge is 0.411 e. The third kappa shape index (κ3) is 5.77. The predicted octanol–water partition coefficient (Wildman–Crippen LogP) is 4.44. The molecule has 3 rings (SSSR count). The highest BCUT2D eigenvalue weighted by Crippen LogP contribution is 2.27. The van der Waals surface area contributed by atoms with E-state index in [0.717, 1.165) is 0 Å². The lowest BCUT2D eigenvalue weighted by molar-refractivity contribution is -0.176. The second kappa shape index (κ2) is 10.0. The van der Waals surface area contributed by atoms with Gasteiger partial charge in [0.05, 0.1) is 26.0 Å². The van der Waals surface area contributed by atoms with Crippen molar-refractivity contribution in [1.82, 2.24) is 5.32 Å². The Bertz CT molecular complexity index is 1020. The van der Waals surface area contributed by atoms with Crippen LogP contribution in [0.2, 0.25) is 0 Å². The summed E-state index contributed by atoms with van der Waals surface area (Å²) < 4.78 is 52.5. The number of carbonyl (C=O) groups excluding carboxylic acids is 1. The average Bonchev–Trinajstić information content (AvgIpc) is 3.01. The van der Waals surface area contributed by atoms with Gasteiger partial charge in [-0.1, -0.05) is 6.07 Å². The van der Waals surface area contributed by atoms with Gasteiger partial charge in [0.15, 0.2) is 5.11 Å². The molecule has 1 aliphatic heterocycles. The molecule has 1 aliphatic rings. The Hall–Kier alpha value is -3.11. The van der Waals surface area contributed by atoms with Gasteiger partial charge in [-0.2, -0.15) is 13.2 Å². The number of amides is 1. The molecule has 0 saturated carbocycles. The lowest BCUT2D eigenvalue weighted by Gasteiger charge is -2.14. The third-order valence-corrected chi connectivity index (χ3v) is 4.71. The highest BCUT2D eigenvalue weighted by molar-refractivity contribution is 7.80. The molecular weight excluding hydrogens is 445 g/mol. The molecule has 32 heavy (non-hydrogen) atoms. The first-order valence-corrected chi connectivity index (χ1v) is 10.0. The van der Waals surface area contributed by atoms with Crippen molar-refractivity contribution < 1.29 is 32.2 Å². The highest BCUT2D eigenvalue weighted by atomic mass is 32.1. The summed E-state index contributed by atoms with van der Waals surface area (Å²) in [5, 5.41) is 3.09. The highest BCUT2D eigenvalue weighted by Gasteiger charge is 2.32. The standard InChI is InChI=1S/C22H21F3N2O4S/c1-3-31-17-7-5-16(6-8-17)27-20(28)18(26-21(27)32)11-14-4-9-19(29-2)15(10-14)12-30-13-22(23,24)25/h4-11H,3,12-13H2,1-2H3,(H,26,32)/b18-11+. The molecule has 6 nitrogen and oxygen atoms in total. The fourth-order valence-electron chi connectivity index (χ4n) is 3.07. The van der Waals surface area contributed by atoms with Crippen molar-refractivity contribution in [2.24, 2.45) is 0 Å². The number of carbonyl (C=O) groups is 1. The van der Waals surface area contributed by atoms with Crippen molar-refractivity contribution in [3.8, 4) is 11.5 Å². The van der Waals surface area contributed by atoms with Crippen LogP contribution in [-0.2, 0) is 16.1 Å². The summed E-state index contributed by atoms with van der Waals surface area (Å²) in [5.41, 5.74) is 1.80. The second-order valence-corrected chi connectivity index (χ2v) is 7.12. The fourth-order valence-corrected chi connectivity index (χ4v) is 3.37. The summed E-state index contributed by atoms with van der Waals surface area (Å²) in [6.45, 7) is 0.742. The molecule has 1 saturated heterocycles. The lowest BCUT2D eigenvalue weighted by atomic mass is 10.1. The van der Waals surface area contributed by atoms with Gasteiger partial charge in [-0.15, -0.1) is 0 Å². The van der Waals surface area contributed by atoms with Crippen LogP contribution in [-0.4, -0.2) is 37.5 Å². The lowest BCUT2D eigenvalue weighted by Crippen LogP contribution is -2.30. The number of benzene rings is 2. The van der Waals surface area contributed by atoms with E-state index in [1.807, 2.05) is 6.92 Å². The van der Waals surface area contributed by atoms with Crippen molar-refractivity contribution in [1.29, 1.82) is 0 Å². The van der Waals surface area contributed by atoms with E-state index in [4.69, 9.17) is 26.4 Å². The van der Waals surface area contributed by atoms with Crippen LogP contribution in [0.4, 0.5) is 18.9 Å². The van der Waals surface area contributed by atoms with Crippen LogP contribution in [0.25, 0.3) is 6.08 Å². The van der Waals surface area contributed by atoms with Crippen LogP contribution >= 0.6 is 12.2 Å². The number of thiocarbonyl (C=S) groups is 1. The van der Waals surface area contributed by atoms with Gasteiger partial charge in [-0.3, -0.25) is 9.69 Å². The number of hydrogen-bond donors (Lipinski definition) is 1. The van der Waals surface area contributed by atoms with E-state index in [2.05, 4.69) is 5.32 Å². The van der Waals surface area contributed by atoms with E-state index in [-0.39, 0.29) is 23.3 Å². The quantitative estimate of drug-likeness (QED) is 0.459. The van der Waals surface area contributed by atoms with Crippen molar-refractivity contribution in [2.45, 2.75) is 19.7 Å². The van der Waals surface area contributed by atoms with Gasteiger partial charge in [0, 0.05) is 5.56 Å². The van der Waals surface area contributed by atoms with E-state index < -0.39 is 12.8 Å². The Balaban J connectivity index is 1.79. The zero-order valence-electron chi connectivity index (χ0n) is 17.4. The number of nitrogens with zero attached hydrogens (tertiary/aromatic N) is 1. The number of alkyl halides is 3. The summed E-state index contributed by atoms with van der Waals surface area (Å²) in [6, 6.07) is 11.8. The van der Waals surface area contributed by atoms with E-state index in [9.17, 15) is 18.0 Å². The molecule has 0 spiro atoms. The molecular formula is C22H21F3N2O4S. The Morgan fingerprint density at radius 3 is 2.50 bits per heavy atom. The first-order valence-electron chi connectivity index (χ1n) is 9.63. The van der Waals surface area contributed by atoms with E-state index in [1.165, 1.54) is 12.0 Å². The van der Waals surface area contributed by atoms with Gasteiger partial charge >= 0.3 is 6.18 Å². The molecule has 10 heteroatoms. The number of hydrogen-bond acceptors (Lipinski definition) is 5. The van der Waals surface area contributed by atoms with Crippen LogP contribution in [0.5, 0.6) is 11.5 Å². The van der Waals surface area contributed by atoms with Gasteiger partial charge in [0.2, 0.25) is 0 Å². The van der Waals surface area contributed by atoms with Crippen molar-refractivity contribution in [2.75, 3.05) is 25.2 Å². The van der Waals surface area contributed by atoms with Crippen molar-refractivity contribution in [3.63, 3.8) is 0 Å². The first kappa shape index (κ1) is 23.6. The molecule has 2 aromatic rings. The zero-order valence-corrected chi connectivity index (χ0v) is 18.2. The molecule has 1 N–H and O–H groups in total. The summed E-state index contributed by atoms with van der Waals surface area (Å²) in [5.74, 6) is 0.701. The minimum absolute atomic E-state index is 0.215. The normalized spacial score (nSPS) is 15.3. The summed E-state index contributed by atoms with van der Waals surface area (Å²) in [6.07, 6.45) is -2.86. The molecule has 1 fully saturated rings. The number of anilines is 1. The minimum atomic E-state index is -4.42. The van der Waals surface area contributed by atoms with Gasteiger partial charge in [-0.05, 0) is 67.2 Å². The molecule has 2 aromatic carbocycles. The van der Waals surface area contributed by atoms with Gasteiger partial charge in [0.1, 0.15) is 23.8 Å². The van der Waals surface area contributed by atoms with Crippen molar-refractivity contribution in [3.05, 3.63) is 59.3 Å². The van der Waals surface area contributed by atoms with Crippen LogP contribution in [0, 0.1) is 0 Å². The largest absolute Gasteiger partial charge is 0.496 e. The molecule has 170 valence electrons. The zero-order chi connectivity index (χ0) is 23.3. The maximum Gasteiger partial charge on any atom is 0.411 e. The van der Waals surface area contributed by atoms with Crippen LogP contribution in [0.3, 0.4) is 0 Å². The Morgan fingerprint density at radius 1 is 1.16 bits per heavy atom. The molecule has 0 bridgehead atoms. The topological polar surface area (TPSA) is 60.0 Å². The number of ether oxygens (including phenoxy) is 3. The van der Waals surface area contributed by atoms with E-state index >= 15 is 0 Å². The Kier molecular flexibility index (Phi) is 7.37. The fraction of sp³-hybridized carbons (Fsp3) is 0.273. The van der Waals surface area contributed by atoms with Gasteiger partial charge < -0.3 is 19.5 Å². The molecule has 0 radical (unpaired) electrons. The van der Waals surface area contributed by atoms with Crippen molar-refractivity contribution >= 4 is 35.0 Å². The number of rotatable bonds is 8. The third-order valence-electron chi connectivity index (χ3n) is 4.42.